The zero-order valence-corrected chi connectivity index (χ0v) is 14.5. The fraction of sp³-hybridized carbons (Fsp3) is 0.263. The monoisotopic (exact) mass is 381 g/mol. The average molecular weight is 381 g/mol. The third kappa shape index (κ3) is 7.39. The summed E-state index contributed by atoms with van der Waals surface area (Å²) in [7, 11) is 0. The highest BCUT2D eigenvalue weighted by Crippen LogP contribution is 2.24. The number of hydrogen-bond acceptors (Lipinski definition) is 4. The van der Waals surface area contributed by atoms with Gasteiger partial charge in [-0.1, -0.05) is 0 Å². The molecule has 2 aromatic carbocycles. The normalized spacial score (nSPS) is 11.0. The summed E-state index contributed by atoms with van der Waals surface area (Å²) in [6.07, 6.45) is -4.11. The average Bonchev–Trinajstić information content (AvgIpc) is 2.59. The summed E-state index contributed by atoms with van der Waals surface area (Å²) in [4.78, 5) is 23.0. The molecule has 1 amide bonds. The standard InChI is InChI=1S/C19H18F3NO4/c1-13(24)14-4-8-16(9-5-14)26-12-2-3-18(25)23-15-6-10-17(11-7-15)27-19(20,21)22/h4-11H,2-3,12H2,1H3,(H,23,25). The molecule has 0 aliphatic rings. The van der Waals surface area contributed by atoms with Gasteiger partial charge in [-0.15, -0.1) is 13.2 Å². The van der Waals surface area contributed by atoms with Crippen LogP contribution in [0.4, 0.5) is 18.9 Å². The lowest BCUT2D eigenvalue weighted by atomic mass is 10.1. The van der Waals surface area contributed by atoms with Crippen molar-refractivity contribution < 1.29 is 32.2 Å². The zero-order valence-electron chi connectivity index (χ0n) is 14.5. The van der Waals surface area contributed by atoms with E-state index in [1.54, 1.807) is 24.3 Å². The molecule has 0 fully saturated rings. The number of halogens is 3. The predicted molar refractivity (Wildman–Crippen MR) is 92.9 cm³/mol. The van der Waals surface area contributed by atoms with Crippen LogP contribution in [0.1, 0.15) is 30.1 Å². The Balaban J connectivity index is 1.70. The smallest absolute Gasteiger partial charge is 0.494 e. The van der Waals surface area contributed by atoms with E-state index in [9.17, 15) is 22.8 Å². The highest BCUT2D eigenvalue weighted by Gasteiger charge is 2.30. The third-order valence-corrected chi connectivity index (χ3v) is 3.45. The van der Waals surface area contributed by atoms with E-state index in [0.717, 1.165) is 12.1 Å². The maximum atomic E-state index is 12.1. The van der Waals surface area contributed by atoms with Gasteiger partial charge in [0.25, 0.3) is 0 Å². The summed E-state index contributed by atoms with van der Waals surface area (Å²) in [5.41, 5.74) is 0.962. The Morgan fingerprint density at radius 1 is 0.963 bits per heavy atom. The van der Waals surface area contributed by atoms with Gasteiger partial charge in [-0.3, -0.25) is 9.59 Å². The maximum Gasteiger partial charge on any atom is 0.573 e. The van der Waals surface area contributed by atoms with Gasteiger partial charge in [-0.2, -0.15) is 0 Å². The molecular weight excluding hydrogens is 363 g/mol. The van der Waals surface area contributed by atoms with Crippen molar-refractivity contribution in [1.82, 2.24) is 0 Å². The summed E-state index contributed by atoms with van der Waals surface area (Å²) in [5.74, 6) is -0.0726. The molecule has 0 aromatic heterocycles. The summed E-state index contributed by atoms with van der Waals surface area (Å²) in [6, 6.07) is 11.6. The summed E-state index contributed by atoms with van der Waals surface area (Å²) >= 11 is 0. The SMILES string of the molecule is CC(=O)c1ccc(OCCCC(=O)Nc2ccc(OC(F)(F)F)cc2)cc1. The molecule has 0 atom stereocenters. The number of amides is 1. The fourth-order valence-corrected chi connectivity index (χ4v) is 2.17. The number of hydrogen-bond donors (Lipinski definition) is 1. The Morgan fingerprint density at radius 3 is 2.11 bits per heavy atom. The molecule has 1 N–H and O–H groups in total. The van der Waals surface area contributed by atoms with Gasteiger partial charge in [0.15, 0.2) is 5.78 Å². The highest BCUT2D eigenvalue weighted by molar-refractivity contribution is 5.94. The lowest BCUT2D eigenvalue weighted by molar-refractivity contribution is -0.274. The van der Waals surface area contributed by atoms with Crippen LogP contribution in [0.15, 0.2) is 48.5 Å². The van der Waals surface area contributed by atoms with Crippen molar-refractivity contribution in [2.24, 2.45) is 0 Å². The first-order chi connectivity index (χ1) is 12.7. The zero-order chi connectivity index (χ0) is 19.9. The molecule has 2 aromatic rings. The molecule has 0 unspecified atom stereocenters. The molecule has 5 nitrogen and oxygen atoms in total. The Kier molecular flexibility index (Phi) is 6.81. The molecular formula is C19H18F3NO4. The van der Waals surface area contributed by atoms with Gasteiger partial charge in [0.2, 0.25) is 5.91 Å². The number of anilines is 1. The van der Waals surface area contributed by atoms with Crippen LogP contribution in [0.2, 0.25) is 0 Å². The van der Waals surface area contributed by atoms with Crippen LogP contribution in [0, 0.1) is 0 Å². The maximum absolute atomic E-state index is 12.1. The number of Topliss-reactive ketones (excluding diaryl/α,β-unsaturated/α-hetero) is 1. The van der Waals surface area contributed by atoms with Crippen molar-refractivity contribution in [1.29, 1.82) is 0 Å². The molecule has 0 saturated heterocycles. The van der Waals surface area contributed by atoms with Gasteiger partial charge in [0.05, 0.1) is 6.61 Å². The van der Waals surface area contributed by atoms with E-state index in [1.807, 2.05) is 0 Å². The first kappa shape index (κ1) is 20.3. The van der Waals surface area contributed by atoms with Gasteiger partial charge in [0.1, 0.15) is 11.5 Å². The second-order valence-electron chi connectivity index (χ2n) is 5.65. The van der Waals surface area contributed by atoms with Crippen molar-refractivity contribution in [2.75, 3.05) is 11.9 Å². The Hall–Kier alpha value is -3.03. The largest absolute Gasteiger partial charge is 0.573 e. The number of rotatable bonds is 8. The number of ether oxygens (including phenoxy) is 2. The van der Waals surface area contributed by atoms with E-state index in [1.165, 1.54) is 19.1 Å². The third-order valence-electron chi connectivity index (χ3n) is 3.45. The molecule has 0 aliphatic heterocycles. The molecule has 144 valence electrons. The van der Waals surface area contributed by atoms with E-state index >= 15 is 0 Å². The van der Waals surface area contributed by atoms with Gasteiger partial charge < -0.3 is 14.8 Å². The minimum atomic E-state index is -4.75. The summed E-state index contributed by atoms with van der Waals surface area (Å²) in [6.45, 7) is 1.79. The number of ketones is 1. The van der Waals surface area contributed by atoms with E-state index in [0.29, 0.717) is 30.0 Å². The van der Waals surface area contributed by atoms with Crippen LogP contribution in [0.25, 0.3) is 0 Å². The molecule has 0 spiro atoms. The first-order valence-electron chi connectivity index (χ1n) is 8.12. The van der Waals surface area contributed by atoms with E-state index in [2.05, 4.69) is 10.1 Å². The van der Waals surface area contributed by atoms with Gasteiger partial charge in [-0.25, -0.2) is 0 Å². The quantitative estimate of drug-likeness (QED) is 0.537. The highest BCUT2D eigenvalue weighted by atomic mass is 19.4. The number of nitrogens with one attached hydrogen (secondary N) is 1. The molecule has 2 rings (SSSR count). The summed E-state index contributed by atoms with van der Waals surface area (Å²) in [5, 5.41) is 2.58. The molecule has 0 bridgehead atoms. The molecule has 0 heterocycles. The molecule has 8 heteroatoms. The van der Waals surface area contributed by atoms with Crippen LogP contribution in [0.5, 0.6) is 11.5 Å². The Bertz CT molecular complexity index is 771. The van der Waals surface area contributed by atoms with Gasteiger partial charge in [-0.05, 0) is 61.9 Å². The second-order valence-corrected chi connectivity index (χ2v) is 5.65. The molecule has 0 saturated carbocycles. The molecule has 0 aliphatic carbocycles. The van der Waals surface area contributed by atoms with Gasteiger partial charge in [0, 0.05) is 17.7 Å². The van der Waals surface area contributed by atoms with E-state index in [4.69, 9.17) is 4.74 Å². The predicted octanol–water partition coefficient (Wildman–Crippen LogP) is 4.59. The lowest BCUT2D eigenvalue weighted by Gasteiger charge is -2.10. The minimum Gasteiger partial charge on any atom is -0.494 e. The lowest BCUT2D eigenvalue weighted by Crippen LogP contribution is -2.17. The number of alkyl halides is 3. The number of carbonyl (C=O) groups is 2. The minimum absolute atomic E-state index is 0.0313. The number of carbonyl (C=O) groups excluding carboxylic acids is 2. The molecule has 0 radical (unpaired) electrons. The summed E-state index contributed by atoms with van der Waals surface area (Å²) < 4.78 is 45.5. The Morgan fingerprint density at radius 2 is 1.56 bits per heavy atom. The van der Waals surface area contributed by atoms with Crippen LogP contribution in [0.3, 0.4) is 0 Å². The van der Waals surface area contributed by atoms with Crippen molar-refractivity contribution in [3.05, 3.63) is 54.1 Å². The Labute approximate surface area is 154 Å². The van der Waals surface area contributed by atoms with Crippen LogP contribution >= 0.6 is 0 Å². The second kappa shape index (κ2) is 9.07. The molecule has 27 heavy (non-hydrogen) atoms. The topological polar surface area (TPSA) is 64.6 Å². The van der Waals surface area contributed by atoms with E-state index in [-0.39, 0.29) is 23.9 Å². The van der Waals surface area contributed by atoms with Crippen molar-refractivity contribution in [3.8, 4) is 11.5 Å². The van der Waals surface area contributed by atoms with Crippen LogP contribution < -0.4 is 14.8 Å². The van der Waals surface area contributed by atoms with Crippen molar-refractivity contribution >= 4 is 17.4 Å². The van der Waals surface area contributed by atoms with Crippen LogP contribution in [-0.4, -0.2) is 24.7 Å². The fourth-order valence-electron chi connectivity index (χ4n) is 2.17. The van der Waals surface area contributed by atoms with Gasteiger partial charge >= 0.3 is 6.36 Å². The first-order valence-corrected chi connectivity index (χ1v) is 8.12. The van der Waals surface area contributed by atoms with Crippen LogP contribution in [-0.2, 0) is 4.79 Å². The number of benzene rings is 2. The van der Waals surface area contributed by atoms with Crippen molar-refractivity contribution in [2.45, 2.75) is 26.1 Å². The van der Waals surface area contributed by atoms with E-state index < -0.39 is 6.36 Å². The van der Waals surface area contributed by atoms with Crippen molar-refractivity contribution in [3.63, 3.8) is 0 Å².